The van der Waals surface area contributed by atoms with Gasteiger partial charge in [0.2, 0.25) is 0 Å². The number of hydrogen-bond donors (Lipinski definition) is 0. The van der Waals surface area contributed by atoms with Gasteiger partial charge in [-0.25, -0.2) is 0 Å². The maximum absolute atomic E-state index is 2.53. The molecule has 0 aliphatic carbocycles. The van der Waals surface area contributed by atoms with E-state index >= 15 is 0 Å². The van der Waals surface area contributed by atoms with Crippen LogP contribution in [0, 0.1) is 0 Å². The first-order chi connectivity index (χ1) is 29.3. The van der Waals surface area contributed by atoms with Crippen molar-refractivity contribution >= 4 is 119 Å². The average Bonchev–Trinajstić information content (AvgIpc) is 3.82. The summed E-state index contributed by atoms with van der Waals surface area (Å²) in [5.41, 5.74) is 12.4. The van der Waals surface area contributed by atoms with E-state index in [1.165, 1.54) is 118 Å². The first-order valence-electron chi connectivity index (χ1n) is 20.9. The number of thiophene rings is 2. The van der Waals surface area contributed by atoms with Gasteiger partial charge in [-0.1, -0.05) is 113 Å². The van der Waals surface area contributed by atoms with Crippen LogP contribution in [0.25, 0.3) is 61.9 Å². The van der Waals surface area contributed by atoms with Crippen molar-refractivity contribution in [1.29, 1.82) is 0 Å². The van der Waals surface area contributed by atoms with Gasteiger partial charge in [-0.05, 0) is 129 Å². The van der Waals surface area contributed by atoms with Gasteiger partial charge in [0.1, 0.15) is 0 Å². The predicted molar refractivity (Wildman–Crippen MR) is 261 cm³/mol. The summed E-state index contributed by atoms with van der Waals surface area (Å²) in [5.74, 6) is 0. The van der Waals surface area contributed by atoms with Crippen LogP contribution in [0.2, 0.25) is 0 Å². The first-order valence-corrected chi connectivity index (χ1v) is 22.6. The van der Waals surface area contributed by atoms with E-state index in [4.69, 9.17) is 0 Å². The minimum absolute atomic E-state index is 0.246. The molecule has 0 atom stereocenters. The third-order valence-corrected chi connectivity index (χ3v) is 15.9. The highest BCUT2D eigenvalue weighted by atomic mass is 32.1. The van der Waals surface area contributed by atoms with Crippen molar-refractivity contribution in [2.45, 2.75) is 38.5 Å². The number of benzene rings is 9. The van der Waals surface area contributed by atoms with Gasteiger partial charge in [0.05, 0.1) is 22.7 Å². The van der Waals surface area contributed by atoms with E-state index in [0.29, 0.717) is 0 Å². The van der Waals surface area contributed by atoms with Crippen LogP contribution in [0.3, 0.4) is 0 Å². The maximum Gasteiger partial charge on any atom is 0.0509 e. The van der Waals surface area contributed by atoms with Crippen LogP contribution in [-0.4, -0.2) is 0 Å². The molecule has 2 aliphatic heterocycles. The molecule has 0 N–H and O–H groups in total. The SMILES string of the molecule is CC1(C)c2cc3ccccc3cc2N(c2ccccc2)c2ccc3sc4cc5c(cc4c3c21)sc1ccc2c(c15)C(C)(C)c1cc3ccccc3cc1N2c1ccccc1. The standard InChI is InChI=1S/C56H40N2S2/c1-55(2)41-27-33-15-11-13-17-35(33)29-45(41)57(37-19-7-5-8-20-37)43-23-25-47-51(53(43)55)39-31-50-40(32-49(39)59-47)52-48(60-50)26-24-44-54(52)56(3,4)42-28-34-16-12-14-18-36(34)30-46(42)58(44)38-21-9-6-10-22-38/h5-32H,1-4H3. The molecule has 2 nitrogen and oxygen atoms in total. The van der Waals surface area contributed by atoms with Crippen molar-refractivity contribution in [1.82, 2.24) is 0 Å². The average molecular weight is 805 g/mol. The molecule has 0 bridgehead atoms. The van der Waals surface area contributed by atoms with Crippen LogP contribution >= 0.6 is 22.7 Å². The summed E-state index contributed by atoms with van der Waals surface area (Å²) in [5, 5.41) is 10.6. The molecule has 286 valence electrons. The topological polar surface area (TPSA) is 6.48 Å². The molecule has 60 heavy (non-hydrogen) atoms. The molecule has 0 fully saturated rings. The largest absolute Gasteiger partial charge is 0.310 e. The molecule has 0 saturated heterocycles. The lowest BCUT2D eigenvalue weighted by Crippen LogP contribution is -2.31. The van der Waals surface area contributed by atoms with Crippen molar-refractivity contribution < 1.29 is 0 Å². The number of para-hydroxylation sites is 2. The molecule has 0 unspecified atom stereocenters. The van der Waals surface area contributed by atoms with E-state index in [1.807, 2.05) is 22.7 Å². The Kier molecular flexibility index (Phi) is 6.92. The minimum atomic E-state index is -0.246. The summed E-state index contributed by atoms with van der Waals surface area (Å²) < 4.78 is 5.37. The smallest absolute Gasteiger partial charge is 0.0509 e. The van der Waals surface area contributed by atoms with Gasteiger partial charge >= 0.3 is 0 Å². The van der Waals surface area contributed by atoms with Crippen molar-refractivity contribution in [3.63, 3.8) is 0 Å². The van der Waals surface area contributed by atoms with Crippen molar-refractivity contribution in [3.8, 4) is 0 Å². The molecule has 0 saturated carbocycles. The van der Waals surface area contributed by atoms with E-state index in [1.54, 1.807) is 0 Å². The number of rotatable bonds is 2. The molecule has 0 radical (unpaired) electrons. The number of fused-ring (bicyclic) bond motifs is 14. The van der Waals surface area contributed by atoms with Crippen molar-refractivity contribution in [2.75, 3.05) is 9.80 Å². The first kappa shape index (κ1) is 34.4. The van der Waals surface area contributed by atoms with E-state index in [-0.39, 0.29) is 10.8 Å². The van der Waals surface area contributed by atoms with Crippen LogP contribution in [0.1, 0.15) is 49.9 Å². The zero-order valence-corrected chi connectivity index (χ0v) is 35.5. The summed E-state index contributed by atoms with van der Waals surface area (Å²) in [7, 11) is 0. The lowest BCUT2D eigenvalue weighted by molar-refractivity contribution is 0.639. The molecule has 9 aromatic carbocycles. The Morgan fingerprint density at radius 2 is 0.717 bits per heavy atom. The second-order valence-electron chi connectivity index (χ2n) is 17.7. The van der Waals surface area contributed by atoms with E-state index in [9.17, 15) is 0 Å². The maximum atomic E-state index is 2.53. The molecule has 4 heteroatoms. The van der Waals surface area contributed by atoms with Crippen LogP contribution in [0.4, 0.5) is 34.1 Å². The molecular formula is C56H40N2S2. The fourth-order valence-corrected chi connectivity index (χ4v) is 13.2. The Balaban J connectivity index is 1.09. The molecule has 2 aliphatic rings. The monoisotopic (exact) mass is 804 g/mol. The zero-order valence-electron chi connectivity index (χ0n) is 33.9. The van der Waals surface area contributed by atoms with Gasteiger partial charge in [-0.3, -0.25) is 0 Å². The molecule has 13 rings (SSSR count). The lowest BCUT2D eigenvalue weighted by Gasteiger charge is -2.43. The molecule has 0 spiro atoms. The van der Waals surface area contributed by atoms with Gasteiger partial charge in [0.15, 0.2) is 0 Å². The summed E-state index contributed by atoms with van der Waals surface area (Å²) >= 11 is 3.89. The fraction of sp³-hybridized carbons (Fsp3) is 0.107. The number of anilines is 6. The second-order valence-corrected chi connectivity index (χ2v) is 19.9. The van der Waals surface area contributed by atoms with Crippen molar-refractivity contribution in [3.05, 3.63) is 192 Å². The molecule has 4 heterocycles. The second kappa shape index (κ2) is 12.1. The summed E-state index contributed by atoms with van der Waals surface area (Å²) in [6, 6.07) is 63.8. The quantitative estimate of drug-likeness (QED) is 0.172. The van der Waals surface area contributed by atoms with Gasteiger partial charge in [-0.2, -0.15) is 0 Å². The van der Waals surface area contributed by atoms with E-state index in [2.05, 4.69) is 207 Å². The minimum Gasteiger partial charge on any atom is -0.310 e. The Hall–Kier alpha value is -6.46. The van der Waals surface area contributed by atoms with Gasteiger partial charge < -0.3 is 9.80 Å². The number of hydrogen-bond acceptors (Lipinski definition) is 4. The molecule has 11 aromatic rings. The van der Waals surface area contributed by atoms with Crippen molar-refractivity contribution in [2.24, 2.45) is 0 Å². The lowest BCUT2D eigenvalue weighted by atomic mass is 9.71. The van der Waals surface area contributed by atoms with Crippen LogP contribution in [0.15, 0.2) is 170 Å². The summed E-state index contributed by atoms with van der Waals surface area (Å²) in [6.45, 7) is 9.76. The molecule has 0 amide bonds. The summed E-state index contributed by atoms with van der Waals surface area (Å²) in [6.07, 6.45) is 0. The van der Waals surface area contributed by atoms with E-state index < -0.39 is 0 Å². The molecule has 2 aromatic heterocycles. The van der Waals surface area contributed by atoms with Crippen LogP contribution in [0.5, 0.6) is 0 Å². The highest BCUT2D eigenvalue weighted by molar-refractivity contribution is 7.27. The Labute approximate surface area is 357 Å². The van der Waals surface area contributed by atoms with Gasteiger partial charge in [0.25, 0.3) is 0 Å². The van der Waals surface area contributed by atoms with Gasteiger partial charge in [0, 0.05) is 62.5 Å². The van der Waals surface area contributed by atoms with Crippen LogP contribution in [-0.2, 0) is 10.8 Å². The number of nitrogens with zero attached hydrogens (tertiary/aromatic N) is 2. The van der Waals surface area contributed by atoms with E-state index in [0.717, 1.165) is 0 Å². The molecular weight excluding hydrogens is 765 g/mol. The third kappa shape index (κ3) is 4.58. The Bertz CT molecular complexity index is 3370. The Morgan fingerprint density at radius 1 is 0.350 bits per heavy atom. The normalized spacial score (nSPS) is 15.2. The Morgan fingerprint density at radius 3 is 1.12 bits per heavy atom. The zero-order chi connectivity index (χ0) is 40.1. The fourth-order valence-electron chi connectivity index (χ4n) is 10.9. The highest BCUT2D eigenvalue weighted by Gasteiger charge is 2.41. The summed E-state index contributed by atoms with van der Waals surface area (Å²) in [4.78, 5) is 5.02. The van der Waals surface area contributed by atoms with Gasteiger partial charge in [-0.15, -0.1) is 22.7 Å². The highest BCUT2D eigenvalue weighted by Crippen LogP contribution is 2.59. The third-order valence-electron chi connectivity index (χ3n) is 13.7. The predicted octanol–water partition coefficient (Wildman–Crippen LogP) is 16.9. The van der Waals surface area contributed by atoms with Crippen LogP contribution < -0.4 is 9.80 Å².